The maximum Gasteiger partial charge on any atom is 0.238 e. The van der Waals surface area contributed by atoms with Crippen molar-refractivity contribution in [3.8, 4) is 11.5 Å². The van der Waals surface area contributed by atoms with Gasteiger partial charge in [0, 0.05) is 12.1 Å². The second-order valence-electron chi connectivity index (χ2n) is 7.31. The molecule has 1 amide bonds. The van der Waals surface area contributed by atoms with Crippen molar-refractivity contribution in [1.82, 2.24) is 19.9 Å². The Hall–Kier alpha value is -3.01. The van der Waals surface area contributed by atoms with Crippen molar-refractivity contribution in [1.29, 1.82) is 0 Å². The Morgan fingerprint density at radius 2 is 1.81 bits per heavy atom. The van der Waals surface area contributed by atoms with Crippen LogP contribution < -0.4 is 14.8 Å². The molecule has 0 radical (unpaired) electrons. The van der Waals surface area contributed by atoms with Crippen LogP contribution in [0.1, 0.15) is 51.4 Å². The van der Waals surface area contributed by atoms with E-state index in [9.17, 15) is 4.79 Å². The van der Waals surface area contributed by atoms with Crippen molar-refractivity contribution in [3.63, 3.8) is 0 Å². The lowest BCUT2D eigenvalue weighted by Crippen LogP contribution is -2.23. The predicted molar refractivity (Wildman–Crippen MR) is 118 cm³/mol. The molecule has 0 aliphatic carbocycles. The lowest BCUT2D eigenvalue weighted by molar-refractivity contribution is -0.115. The van der Waals surface area contributed by atoms with E-state index in [0.717, 1.165) is 5.75 Å². The molecular formula is C21H27N5O4S. The summed E-state index contributed by atoms with van der Waals surface area (Å²) in [5, 5.41) is 15.4. The van der Waals surface area contributed by atoms with E-state index in [1.165, 1.54) is 11.8 Å². The summed E-state index contributed by atoms with van der Waals surface area (Å²) in [7, 11) is 1.62. The van der Waals surface area contributed by atoms with Gasteiger partial charge in [-0.1, -0.05) is 16.9 Å². The highest BCUT2D eigenvalue weighted by Gasteiger charge is 2.25. The van der Waals surface area contributed by atoms with Gasteiger partial charge in [-0.25, -0.2) is 0 Å². The number of amides is 1. The van der Waals surface area contributed by atoms with Gasteiger partial charge in [-0.05, 0) is 58.9 Å². The summed E-state index contributed by atoms with van der Waals surface area (Å²) in [4.78, 5) is 12.5. The minimum absolute atomic E-state index is 0.0860. The van der Waals surface area contributed by atoms with Gasteiger partial charge < -0.3 is 23.9 Å². The van der Waals surface area contributed by atoms with Gasteiger partial charge in [0.05, 0.1) is 12.4 Å². The molecule has 0 saturated carbocycles. The number of carbonyl (C=O) groups excluding carboxylic acids is 1. The molecule has 2 atom stereocenters. The summed E-state index contributed by atoms with van der Waals surface area (Å²) in [6, 6.07) is 9.13. The van der Waals surface area contributed by atoms with Crippen LogP contribution in [0.15, 0.2) is 40.0 Å². The molecule has 2 aromatic heterocycles. The molecule has 0 aliphatic heterocycles. The number of hydrogen-bond donors (Lipinski definition) is 1. The van der Waals surface area contributed by atoms with E-state index >= 15 is 0 Å². The van der Waals surface area contributed by atoms with Crippen LogP contribution in [0.3, 0.4) is 0 Å². The molecule has 2 unspecified atom stereocenters. The zero-order valence-electron chi connectivity index (χ0n) is 18.4. The second-order valence-corrected chi connectivity index (χ2v) is 8.62. The van der Waals surface area contributed by atoms with E-state index in [2.05, 4.69) is 20.7 Å². The van der Waals surface area contributed by atoms with Gasteiger partial charge in [-0.3, -0.25) is 4.79 Å². The van der Waals surface area contributed by atoms with Crippen LogP contribution in [-0.4, -0.2) is 38.2 Å². The van der Waals surface area contributed by atoms with Gasteiger partial charge in [-0.15, -0.1) is 10.2 Å². The fourth-order valence-corrected chi connectivity index (χ4v) is 3.90. The van der Waals surface area contributed by atoms with Crippen LogP contribution in [0.25, 0.3) is 0 Å². The third kappa shape index (κ3) is 5.57. The molecule has 10 heteroatoms. The zero-order chi connectivity index (χ0) is 22.5. The van der Waals surface area contributed by atoms with Crippen LogP contribution >= 0.6 is 11.8 Å². The molecule has 0 fully saturated rings. The Balaban J connectivity index is 1.72. The standard InChI is InChI=1S/C21H27N5O4S/c1-12(2)26-19(14(4)29-17-9-7-16(28-6)8-10-17)23-24-21(26)31-15(5)20(27)22-18-11-13(3)30-25-18/h7-12,14-15H,1-6H3,(H,22,25,27). The monoisotopic (exact) mass is 445 g/mol. The molecular weight excluding hydrogens is 418 g/mol. The Morgan fingerprint density at radius 3 is 2.39 bits per heavy atom. The normalized spacial score (nSPS) is 13.1. The van der Waals surface area contributed by atoms with Crippen molar-refractivity contribution >= 4 is 23.5 Å². The lowest BCUT2D eigenvalue weighted by Gasteiger charge is -2.19. The Bertz CT molecular complexity index is 1020. The van der Waals surface area contributed by atoms with Gasteiger partial charge in [0.25, 0.3) is 0 Å². The Labute approximate surface area is 185 Å². The molecule has 2 heterocycles. The number of nitrogens with one attached hydrogen (secondary N) is 1. The van der Waals surface area contributed by atoms with Crippen molar-refractivity contribution in [2.45, 2.75) is 57.2 Å². The zero-order valence-corrected chi connectivity index (χ0v) is 19.3. The molecule has 0 saturated heterocycles. The first kappa shape index (κ1) is 22.7. The first-order chi connectivity index (χ1) is 14.8. The second kappa shape index (κ2) is 9.86. The summed E-state index contributed by atoms with van der Waals surface area (Å²) in [6.45, 7) is 9.58. The van der Waals surface area contributed by atoms with E-state index < -0.39 is 5.25 Å². The van der Waals surface area contributed by atoms with Gasteiger partial charge >= 0.3 is 0 Å². The first-order valence-corrected chi connectivity index (χ1v) is 10.8. The largest absolute Gasteiger partial charge is 0.497 e. The van der Waals surface area contributed by atoms with Gasteiger partial charge in [0.2, 0.25) is 5.91 Å². The SMILES string of the molecule is COc1ccc(OC(C)c2nnc(SC(C)C(=O)Nc3cc(C)on3)n2C(C)C)cc1. The van der Waals surface area contributed by atoms with Gasteiger partial charge in [0.1, 0.15) is 17.3 Å². The quantitative estimate of drug-likeness (QED) is 0.483. The number of aromatic nitrogens is 4. The number of hydrogen-bond acceptors (Lipinski definition) is 8. The van der Waals surface area contributed by atoms with E-state index in [-0.39, 0.29) is 18.1 Å². The predicted octanol–water partition coefficient (Wildman–Crippen LogP) is 4.42. The maximum absolute atomic E-state index is 12.5. The minimum Gasteiger partial charge on any atom is -0.497 e. The summed E-state index contributed by atoms with van der Waals surface area (Å²) in [5.41, 5.74) is 0. The number of aryl methyl sites for hydroxylation is 1. The number of rotatable bonds is 9. The number of methoxy groups -OCH3 is 1. The van der Waals surface area contributed by atoms with E-state index in [1.807, 2.05) is 56.5 Å². The molecule has 1 N–H and O–H groups in total. The third-order valence-electron chi connectivity index (χ3n) is 4.47. The highest BCUT2D eigenvalue weighted by Crippen LogP contribution is 2.30. The molecule has 3 rings (SSSR count). The maximum atomic E-state index is 12.5. The minimum atomic E-state index is -0.413. The molecule has 0 bridgehead atoms. The molecule has 31 heavy (non-hydrogen) atoms. The highest BCUT2D eigenvalue weighted by atomic mass is 32.2. The average Bonchev–Trinajstić information content (AvgIpc) is 3.34. The van der Waals surface area contributed by atoms with Crippen molar-refractivity contribution in [2.75, 3.05) is 12.4 Å². The number of benzene rings is 1. The van der Waals surface area contributed by atoms with Crippen LogP contribution in [0.5, 0.6) is 11.5 Å². The molecule has 0 aliphatic rings. The van der Waals surface area contributed by atoms with Crippen LogP contribution in [0, 0.1) is 6.92 Å². The van der Waals surface area contributed by atoms with Crippen LogP contribution in [0.4, 0.5) is 5.82 Å². The first-order valence-electron chi connectivity index (χ1n) is 9.94. The molecule has 0 spiro atoms. The topological polar surface area (TPSA) is 104 Å². The average molecular weight is 446 g/mol. The molecule has 3 aromatic rings. The Kier molecular flexibility index (Phi) is 7.21. The van der Waals surface area contributed by atoms with Gasteiger partial charge in [0.15, 0.2) is 22.9 Å². The number of nitrogens with zero attached hydrogens (tertiary/aromatic N) is 4. The summed E-state index contributed by atoms with van der Waals surface area (Å²) in [5.74, 6) is 2.98. The Morgan fingerprint density at radius 1 is 1.13 bits per heavy atom. The number of thioether (sulfide) groups is 1. The van der Waals surface area contributed by atoms with E-state index in [4.69, 9.17) is 14.0 Å². The molecule has 1 aromatic carbocycles. The van der Waals surface area contributed by atoms with Crippen molar-refractivity contribution in [3.05, 3.63) is 41.9 Å². The molecule has 166 valence electrons. The fraction of sp³-hybridized carbons (Fsp3) is 0.429. The van der Waals surface area contributed by atoms with E-state index in [0.29, 0.717) is 28.3 Å². The van der Waals surface area contributed by atoms with Crippen molar-refractivity contribution in [2.24, 2.45) is 0 Å². The fourth-order valence-electron chi connectivity index (χ4n) is 2.91. The summed E-state index contributed by atoms with van der Waals surface area (Å²) >= 11 is 1.33. The van der Waals surface area contributed by atoms with E-state index in [1.54, 1.807) is 20.1 Å². The van der Waals surface area contributed by atoms with Gasteiger partial charge in [-0.2, -0.15) is 0 Å². The third-order valence-corrected chi connectivity index (χ3v) is 5.53. The summed E-state index contributed by atoms with van der Waals surface area (Å²) in [6.07, 6.45) is -0.333. The van der Waals surface area contributed by atoms with Crippen LogP contribution in [0.2, 0.25) is 0 Å². The lowest BCUT2D eigenvalue weighted by atomic mass is 10.3. The van der Waals surface area contributed by atoms with Crippen molar-refractivity contribution < 1.29 is 18.8 Å². The molecule has 9 nitrogen and oxygen atoms in total. The summed E-state index contributed by atoms with van der Waals surface area (Å²) < 4.78 is 18.2. The van der Waals surface area contributed by atoms with Crippen LogP contribution in [-0.2, 0) is 4.79 Å². The number of ether oxygens (including phenoxy) is 2. The highest BCUT2D eigenvalue weighted by molar-refractivity contribution is 8.00. The number of carbonyl (C=O) groups is 1. The number of anilines is 1. The smallest absolute Gasteiger partial charge is 0.238 e.